The van der Waals surface area contributed by atoms with Gasteiger partial charge in [-0.15, -0.1) is 0 Å². The van der Waals surface area contributed by atoms with Gasteiger partial charge in [-0.2, -0.15) is 0 Å². The molecule has 0 unspecified atom stereocenters. The number of nitrogens with two attached hydrogens (primary N) is 1. The normalized spacial score (nSPS) is 15.2. The fourth-order valence-electron chi connectivity index (χ4n) is 2.97. The number of benzene rings is 1. The molecule has 2 aromatic rings. The van der Waals surface area contributed by atoms with Crippen molar-refractivity contribution < 1.29 is 9.53 Å². The van der Waals surface area contributed by atoms with Gasteiger partial charge in [-0.25, -0.2) is 0 Å². The van der Waals surface area contributed by atoms with E-state index in [1.807, 2.05) is 31.3 Å². The maximum absolute atomic E-state index is 11.4. The van der Waals surface area contributed by atoms with Crippen LogP contribution < -0.4 is 5.73 Å². The molecule has 1 aliphatic heterocycles. The number of likely N-dealkylation sites (tertiary alicyclic amines) is 1. The Morgan fingerprint density at radius 2 is 2.09 bits per heavy atom. The Balaban J connectivity index is 1.73. The summed E-state index contributed by atoms with van der Waals surface area (Å²) in [6.07, 6.45) is 1.81. The van der Waals surface area contributed by atoms with E-state index in [-0.39, 0.29) is 11.9 Å². The molecule has 0 atom stereocenters. The number of esters is 1. The lowest BCUT2D eigenvalue weighted by Crippen LogP contribution is -2.49. The number of aromatic nitrogens is 1. The Bertz CT molecular complexity index is 724. The molecule has 0 aliphatic carbocycles. The highest BCUT2D eigenvalue weighted by molar-refractivity contribution is 5.74. The first-order chi connectivity index (χ1) is 11.0. The van der Waals surface area contributed by atoms with Crippen LogP contribution in [0.25, 0.3) is 11.1 Å². The first kappa shape index (κ1) is 15.5. The third-order valence-electron chi connectivity index (χ3n) is 4.14. The number of ether oxygens (including phenoxy) is 1. The molecule has 5 nitrogen and oxygen atoms in total. The van der Waals surface area contributed by atoms with E-state index in [2.05, 4.69) is 22.0 Å². The largest absolute Gasteiger partial charge is 0.469 e. The molecule has 0 radical (unpaired) electrons. The number of aryl methyl sites for hydroxylation is 1. The highest BCUT2D eigenvalue weighted by Crippen LogP contribution is 2.26. The van der Waals surface area contributed by atoms with Crippen LogP contribution in [-0.4, -0.2) is 36.1 Å². The van der Waals surface area contributed by atoms with Crippen LogP contribution in [-0.2, 0) is 16.1 Å². The number of hydrogen-bond donors (Lipinski definition) is 1. The van der Waals surface area contributed by atoms with E-state index in [1.54, 1.807) is 0 Å². The van der Waals surface area contributed by atoms with Crippen molar-refractivity contribution in [3.05, 3.63) is 47.8 Å². The predicted octanol–water partition coefficient (Wildman–Crippen LogP) is 2.24. The average molecular weight is 311 g/mol. The topological polar surface area (TPSA) is 68.5 Å². The van der Waals surface area contributed by atoms with Gasteiger partial charge in [-0.05, 0) is 53.9 Å². The smallest absolute Gasteiger partial charge is 0.311 e. The first-order valence-electron chi connectivity index (χ1n) is 7.68. The van der Waals surface area contributed by atoms with Gasteiger partial charge in [-0.1, -0.05) is 0 Å². The van der Waals surface area contributed by atoms with Crippen LogP contribution in [0.15, 0.2) is 36.5 Å². The molecule has 120 valence electrons. The molecule has 0 bridgehead atoms. The Morgan fingerprint density at radius 1 is 1.30 bits per heavy atom. The zero-order valence-electron chi connectivity index (χ0n) is 13.5. The van der Waals surface area contributed by atoms with Gasteiger partial charge in [-0.3, -0.25) is 14.7 Å². The number of pyridine rings is 1. The standard InChI is InChI=1S/C18H21N3O2/c1-12-5-14(3-4-20-12)15-6-13(7-17(19)8-15)9-21-10-16(11-21)18(22)23-2/h3-8,16H,9-11,19H2,1-2H3. The van der Waals surface area contributed by atoms with Gasteiger partial charge >= 0.3 is 5.97 Å². The van der Waals surface area contributed by atoms with Crippen LogP contribution in [0.5, 0.6) is 0 Å². The van der Waals surface area contributed by atoms with Crippen LogP contribution in [0.3, 0.4) is 0 Å². The number of carbonyl (C=O) groups excluding carboxylic acids is 1. The zero-order valence-corrected chi connectivity index (χ0v) is 13.5. The molecular formula is C18H21N3O2. The monoisotopic (exact) mass is 311 g/mol. The number of rotatable bonds is 4. The summed E-state index contributed by atoms with van der Waals surface area (Å²) < 4.78 is 4.77. The number of nitrogen functional groups attached to an aromatic ring is 1. The van der Waals surface area contributed by atoms with Crippen molar-refractivity contribution >= 4 is 11.7 Å². The molecular weight excluding hydrogens is 290 g/mol. The second kappa shape index (κ2) is 6.38. The van der Waals surface area contributed by atoms with Gasteiger partial charge < -0.3 is 10.5 Å². The van der Waals surface area contributed by atoms with Gasteiger partial charge in [0.1, 0.15) is 0 Å². The van der Waals surface area contributed by atoms with Crippen molar-refractivity contribution in [3.63, 3.8) is 0 Å². The third-order valence-corrected chi connectivity index (χ3v) is 4.14. The van der Waals surface area contributed by atoms with E-state index in [0.29, 0.717) is 0 Å². The molecule has 5 heteroatoms. The molecule has 2 heterocycles. The van der Waals surface area contributed by atoms with Crippen molar-refractivity contribution in [1.82, 2.24) is 9.88 Å². The molecule has 0 amide bonds. The highest BCUT2D eigenvalue weighted by atomic mass is 16.5. The minimum Gasteiger partial charge on any atom is -0.469 e. The summed E-state index contributed by atoms with van der Waals surface area (Å²) in [5.74, 6) is -0.120. The second-order valence-corrected chi connectivity index (χ2v) is 6.06. The van der Waals surface area contributed by atoms with Crippen molar-refractivity contribution in [2.75, 3.05) is 25.9 Å². The minimum atomic E-state index is -0.123. The van der Waals surface area contributed by atoms with E-state index in [0.717, 1.165) is 47.7 Å². The lowest BCUT2D eigenvalue weighted by atomic mass is 9.98. The molecule has 0 spiro atoms. The summed E-state index contributed by atoms with van der Waals surface area (Å²) in [6.45, 7) is 4.25. The van der Waals surface area contributed by atoms with Gasteiger partial charge in [0.05, 0.1) is 13.0 Å². The van der Waals surface area contributed by atoms with Gasteiger partial charge in [0, 0.05) is 37.2 Å². The summed E-state index contributed by atoms with van der Waals surface area (Å²) in [4.78, 5) is 17.9. The number of methoxy groups -OCH3 is 1. The molecule has 1 saturated heterocycles. The molecule has 1 aromatic heterocycles. The first-order valence-corrected chi connectivity index (χ1v) is 7.68. The SMILES string of the molecule is COC(=O)C1CN(Cc2cc(N)cc(-c3ccnc(C)c3)c2)C1. The second-order valence-electron chi connectivity index (χ2n) is 6.06. The Labute approximate surface area is 136 Å². The van der Waals surface area contributed by atoms with E-state index in [1.165, 1.54) is 7.11 Å². The zero-order chi connectivity index (χ0) is 16.4. The minimum absolute atomic E-state index is 0.00313. The number of carbonyl (C=O) groups is 1. The van der Waals surface area contributed by atoms with Crippen LogP contribution in [0.2, 0.25) is 0 Å². The van der Waals surface area contributed by atoms with Crippen LogP contribution in [0, 0.1) is 12.8 Å². The summed E-state index contributed by atoms with van der Waals surface area (Å²) >= 11 is 0. The molecule has 0 saturated carbocycles. The van der Waals surface area contributed by atoms with Crippen molar-refractivity contribution in [3.8, 4) is 11.1 Å². The van der Waals surface area contributed by atoms with Gasteiger partial charge in [0.25, 0.3) is 0 Å². The Morgan fingerprint density at radius 3 is 2.78 bits per heavy atom. The summed E-state index contributed by atoms with van der Waals surface area (Å²) in [6, 6.07) is 10.2. The molecule has 1 aromatic carbocycles. The van der Waals surface area contributed by atoms with Crippen LogP contribution in [0.1, 0.15) is 11.3 Å². The van der Waals surface area contributed by atoms with E-state index in [4.69, 9.17) is 10.5 Å². The summed E-state index contributed by atoms with van der Waals surface area (Å²) in [5, 5.41) is 0. The average Bonchev–Trinajstić information content (AvgIpc) is 2.49. The fraction of sp³-hybridized carbons (Fsp3) is 0.333. The molecule has 1 aliphatic rings. The van der Waals surface area contributed by atoms with Gasteiger partial charge in [0.15, 0.2) is 0 Å². The lowest BCUT2D eigenvalue weighted by molar-refractivity contribution is -0.151. The number of nitrogens with zero attached hydrogens (tertiary/aromatic N) is 2. The molecule has 2 N–H and O–H groups in total. The summed E-state index contributed by atoms with van der Waals surface area (Å²) in [5.41, 5.74) is 11.1. The molecule has 3 rings (SSSR count). The van der Waals surface area contributed by atoms with Crippen molar-refractivity contribution in [2.24, 2.45) is 5.92 Å². The maximum Gasteiger partial charge on any atom is 0.311 e. The Kier molecular flexibility index (Phi) is 4.30. The van der Waals surface area contributed by atoms with E-state index >= 15 is 0 Å². The maximum atomic E-state index is 11.4. The molecule has 1 fully saturated rings. The van der Waals surface area contributed by atoms with Crippen molar-refractivity contribution in [2.45, 2.75) is 13.5 Å². The number of hydrogen-bond acceptors (Lipinski definition) is 5. The van der Waals surface area contributed by atoms with Gasteiger partial charge in [0.2, 0.25) is 0 Å². The summed E-state index contributed by atoms with van der Waals surface area (Å²) in [7, 11) is 1.44. The van der Waals surface area contributed by atoms with E-state index in [9.17, 15) is 4.79 Å². The fourth-order valence-corrected chi connectivity index (χ4v) is 2.97. The lowest BCUT2D eigenvalue weighted by Gasteiger charge is -2.37. The van der Waals surface area contributed by atoms with Crippen LogP contribution in [0.4, 0.5) is 5.69 Å². The Hall–Kier alpha value is -2.40. The highest BCUT2D eigenvalue weighted by Gasteiger charge is 2.33. The third kappa shape index (κ3) is 3.51. The van der Waals surface area contributed by atoms with E-state index < -0.39 is 0 Å². The predicted molar refractivity (Wildman–Crippen MR) is 89.6 cm³/mol. The van der Waals surface area contributed by atoms with Crippen LogP contribution >= 0.6 is 0 Å². The molecule has 23 heavy (non-hydrogen) atoms. The van der Waals surface area contributed by atoms with Crippen molar-refractivity contribution in [1.29, 1.82) is 0 Å². The number of anilines is 1. The quantitative estimate of drug-likeness (QED) is 0.693.